The van der Waals surface area contributed by atoms with Gasteiger partial charge in [-0.2, -0.15) is 0 Å². The van der Waals surface area contributed by atoms with Crippen molar-refractivity contribution in [1.29, 1.82) is 0 Å². The van der Waals surface area contributed by atoms with Gasteiger partial charge in [0, 0.05) is 50.7 Å². The Morgan fingerprint density at radius 1 is 1.12 bits per heavy atom. The van der Waals surface area contributed by atoms with Crippen LogP contribution in [-0.2, 0) is 17.8 Å². The molecule has 0 saturated carbocycles. The van der Waals surface area contributed by atoms with Gasteiger partial charge in [-0.15, -0.1) is 0 Å². The van der Waals surface area contributed by atoms with Crippen molar-refractivity contribution in [1.82, 2.24) is 14.9 Å². The second-order valence-corrected chi connectivity index (χ2v) is 9.17. The fourth-order valence-corrected chi connectivity index (χ4v) is 4.56. The summed E-state index contributed by atoms with van der Waals surface area (Å²) < 4.78 is 42.4. The van der Waals surface area contributed by atoms with Crippen LogP contribution in [0.1, 0.15) is 56.7 Å². The number of alkyl halides is 1. The molecule has 4 rings (SSSR count). The van der Waals surface area contributed by atoms with E-state index in [1.807, 2.05) is 13.8 Å². The molecule has 6 nitrogen and oxygen atoms in total. The summed E-state index contributed by atoms with van der Waals surface area (Å²) in [6.45, 7) is 7.75. The first-order chi connectivity index (χ1) is 15.7. The summed E-state index contributed by atoms with van der Waals surface area (Å²) in [5, 5.41) is 3.37. The first-order valence-electron chi connectivity index (χ1n) is 11.5. The molecule has 9 heteroatoms. The number of halogens is 3. The van der Waals surface area contributed by atoms with Gasteiger partial charge >= 0.3 is 0 Å². The fraction of sp³-hybridized carbons (Fsp3) is 0.542. The van der Waals surface area contributed by atoms with E-state index in [-0.39, 0.29) is 23.4 Å². The van der Waals surface area contributed by atoms with Gasteiger partial charge in [0.2, 0.25) is 5.91 Å². The molecule has 2 aromatic rings. The maximum atomic E-state index is 15.1. The normalized spacial score (nSPS) is 17.8. The average molecular weight is 462 g/mol. The fourth-order valence-electron chi connectivity index (χ4n) is 4.56. The van der Waals surface area contributed by atoms with Crippen molar-refractivity contribution in [2.45, 2.75) is 58.8 Å². The lowest BCUT2D eigenvalue weighted by Gasteiger charge is -2.36. The van der Waals surface area contributed by atoms with E-state index in [1.54, 1.807) is 11.8 Å². The van der Waals surface area contributed by atoms with Gasteiger partial charge in [0.25, 0.3) is 0 Å². The quantitative estimate of drug-likeness (QED) is 0.715. The number of piperidine rings is 1. The van der Waals surface area contributed by atoms with E-state index in [1.165, 1.54) is 6.07 Å². The molecule has 3 heterocycles. The molecule has 33 heavy (non-hydrogen) atoms. The minimum absolute atomic E-state index is 0.0104. The van der Waals surface area contributed by atoms with Gasteiger partial charge < -0.3 is 15.1 Å². The van der Waals surface area contributed by atoms with Crippen molar-refractivity contribution in [2.75, 3.05) is 29.9 Å². The average Bonchev–Trinajstić information content (AvgIpc) is 2.77. The predicted molar refractivity (Wildman–Crippen MR) is 121 cm³/mol. The zero-order valence-corrected chi connectivity index (χ0v) is 19.2. The van der Waals surface area contributed by atoms with Crippen LogP contribution in [0.25, 0.3) is 0 Å². The highest BCUT2D eigenvalue weighted by Gasteiger charge is 2.32. The Kier molecular flexibility index (Phi) is 6.76. The molecule has 2 aliphatic heterocycles. The van der Waals surface area contributed by atoms with E-state index < -0.39 is 17.8 Å². The summed E-state index contributed by atoms with van der Waals surface area (Å²) in [7, 11) is 0. The number of hydrogen-bond donors (Lipinski definition) is 1. The number of carbonyl (C=O) groups is 1. The Morgan fingerprint density at radius 3 is 2.48 bits per heavy atom. The number of carbonyl (C=O) groups excluding carboxylic acids is 1. The number of hydrogen-bond acceptors (Lipinski definition) is 5. The molecule has 0 spiro atoms. The minimum atomic E-state index is -1.49. The van der Waals surface area contributed by atoms with Crippen LogP contribution < -0.4 is 10.2 Å². The Balaban J connectivity index is 1.53. The lowest BCUT2D eigenvalue weighted by Crippen LogP contribution is -2.39. The molecule has 1 aromatic heterocycles. The molecule has 1 saturated heterocycles. The summed E-state index contributed by atoms with van der Waals surface area (Å²) in [6, 6.07) is 3.18. The second kappa shape index (κ2) is 9.57. The highest BCUT2D eigenvalue weighted by molar-refractivity contribution is 5.73. The van der Waals surface area contributed by atoms with Crippen molar-refractivity contribution in [2.24, 2.45) is 5.92 Å². The smallest absolute Gasteiger partial charge is 0.219 e. The van der Waals surface area contributed by atoms with Crippen LogP contribution in [-0.4, -0.2) is 46.5 Å². The molecular weight excluding hydrogens is 431 g/mol. The number of nitrogens with zero attached hydrogens (tertiary/aromatic N) is 4. The first-order valence-corrected chi connectivity index (χ1v) is 11.5. The Bertz CT molecular complexity index is 1020. The third-order valence-corrected chi connectivity index (χ3v) is 6.38. The van der Waals surface area contributed by atoms with Crippen LogP contribution in [0.3, 0.4) is 0 Å². The number of benzene rings is 1. The first kappa shape index (κ1) is 23.3. The van der Waals surface area contributed by atoms with Crippen LogP contribution in [0.2, 0.25) is 0 Å². The molecule has 1 atom stereocenters. The van der Waals surface area contributed by atoms with E-state index in [4.69, 9.17) is 9.97 Å². The van der Waals surface area contributed by atoms with Gasteiger partial charge in [-0.1, -0.05) is 6.07 Å². The van der Waals surface area contributed by atoms with Gasteiger partial charge in [0.15, 0.2) is 11.6 Å². The third kappa shape index (κ3) is 5.07. The van der Waals surface area contributed by atoms with Gasteiger partial charge in [0.1, 0.15) is 17.8 Å². The van der Waals surface area contributed by atoms with Crippen molar-refractivity contribution >= 4 is 17.5 Å². The van der Waals surface area contributed by atoms with Crippen LogP contribution in [0, 0.1) is 17.6 Å². The molecule has 178 valence electrons. The minimum Gasteiger partial charge on any atom is -0.365 e. The second-order valence-electron chi connectivity index (χ2n) is 9.17. The Hall–Kier alpha value is -2.84. The maximum absolute atomic E-state index is 15.1. The topological polar surface area (TPSA) is 61.4 Å². The van der Waals surface area contributed by atoms with Gasteiger partial charge in [-0.25, -0.2) is 23.1 Å². The zero-order valence-electron chi connectivity index (χ0n) is 19.2. The Labute approximate surface area is 192 Å². The van der Waals surface area contributed by atoms with Gasteiger partial charge in [-0.3, -0.25) is 4.79 Å². The van der Waals surface area contributed by atoms with Crippen molar-refractivity contribution < 1.29 is 18.0 Å². The third-order valence-electron chi connectivity index (χ3n) is 6.38. The van der Waals surface area contributed by atoms with Crippen LogP contribution in [0.5, 0.6) is 0 Å². The zero-order chi connectivity index (χ0) is 23.7. The molecular formula is C24H30F3N5O. The van der Waals surface area contributed by atoms with E-state index in [2.05, 4.69) is 10.2 Å². The SMILES string of the molecule is CC(=O)N1CCc2nc(NC(C)C)c(N3CCC(C(F)c4ccc(F)cc4F)CC3)nc2C1. The number of aromatic nitrogens is 2. The van der Waals surface area contributed by atoms with Crippen LogP contribution >= 0.6 is 0 Å². The lowest BCUT2D eigenvalue weighted by molar-refractivity contribution is -0.129. The predicted octanol–water partition coefficient (Wildman–Crippen LogP) is 4.41. The number of fused-ring (bicyclic) bond motifs is 1. The molecule has 0 aliphatic carbocycles. The summed E-state index contributed by atoms with van der Waals surface area (Å²) in [4.78, 5) is 25.4. The molecule has 0 radical (unpaired) electrons. The highest BCUT2D eigenvalue weighted by Crippen LogP contribution is 2.37. The van der Waals surface area contributed by atoms with E-state index >= 15 is 4.39 Å². The van der Waals surface area contributed by atoms with Crippen LogP contribution in [0.15, 0.2) is 18.2 Å². The van der Waals surface area contributed by atoms with E-state index in [0.29, 0.717) is 57.1 Å². The van der Waals surface area contributed by atoms with Crippen LogP contribution in [0.4, 0.5) is 24.8 Å². The van der Waals surface area contributed by atoms with Gasteiger partial charge in [-0.05, 0) is 38.7 Å². The van der Waals surface area contributed by atoms with Crippen molar-refractivity contribution in [3.8, 4) is 0 Å². The molecule has 2 aliphatic rings. The molecule has 1 N–H and O–H groups in total. The lowest BCUT2D eigenvalue weighted by atomic mass is 9.88. The van der Waals surface area contributed by atoms with E-state index in [9.17, 15) is 13.6 Å². The maximum Gasteiger partial charge on any atom is 0.219 e. The number of amides is 1. The summed E-state index contributed by atoms with van der Waals surface area (Å²) in [5.41, 5.74) is 1.60. The monoisotopic (exact) mass is 461 g/mol. The standard InChI is InChI=1S/C24H30F3N5O/c1-14(2)28-23-24(30-21-13-32(15(3)33)11-8-20(21)29-23)31-9-6-16(7-10-31)22(27)18-5-4-17(25)12-19(18)26/h4-5,12,14,16,22H,6-11,13H2,1-3H3,(H,28,29). The number of nitrogens with one attached hydrogen (secondary N) is 1. The Morgan fingerprint density at radius 2 is 1.85 bits per heavy atom. The molecule has 1 amide bonds. The largest absolute Gasteiger partial charge is 0.365 e. The van der Waals surface area contributed by atoms with Gasteiger partial charge in [0.05, 0.1) is 17.9 Å². The van der Waals surface area contributed by atoms with Crippen molar-refractivity contribution in [3.05, 3.63) is 46.8 Å². The number of rotatable bonds is 5. The number of anilines is 2. The summed E-state index contributed by atoms with van der Waals surface area (Å²) in [5.74, 6) is -0.506. The van der Waals surface area contributed by atoms with Crippen molar-refractivity contribution in [3.63, 3.8) is 0 Å². The summed E-state index contributed by atoms with van der Waals surface area (Å²) in [6.07, 6.45) is 0.193. The molecule has 0 bridgehead atoms. The van der Waals surface area contributed by atoms with E-state index in [0.717, 1.165) is 23.5 Å². The summed E-state index contributed by atoms with van der Waals surface area (Å²) >= 11 is 0. The molecule has 1 unspecified atom stereocenters. The highest BCUT2D eigenvalue weighted by atomic mass is 19.1. The molecule has 1 aromatic carbocycles. The molecule has 1 fully saturated rings.